The zero-order valence-electron chi connectivity index (χ0n) is 12.6. The Hall–Kier alpha value is -1.32. The Morgan fingerprint density at radius 2 is 1.91 bits per heavy atom. The highest BCUT2D eigenvalue weighted by Crippen LogP contribution is 2.42. The molecule has 1 unspecified atom stereocenters. The Kier molecular flexibility index (Phi) is 4.55. The van der Waals surface area contributed by atoms with E-state index in [9.17, 15) is 4.79 Å². The molecule has 0 spiro atoms. The molecule has 0 bridgehead atoms. The van der Waals surface area contributed by atoms with E-state index in [4.69, 9.17) is 11.6 Å². The fourth-order valence-corrected chi connectivity index (χ4v) is 4.20. The molecular formula is C18H20ClNOS. The third kappa shape index (κ3) is 2.92. The molecule has 1 aromatic carbocycles. The van der Waals surface area contributed by atoms with Gasteiger partial charge in [0.2, 0.25) is 5.91 Å². The molecule has 116 valence electrons. The van der Waals surface area contributed by atoms with E-state index in [0.29, 0.717) is 5.02 Å². The first-order valence-electron chi connectivity index (χ1n) is 7.72. The number of hydrogen-bond donors (Lipinski definition) is 1. The maximum Gasteiger partial charge on any atom is 0.231 e. The summed E-state index contributed by atoms with van der Waals surface area (Å²) < 4.78 is 0. The van der Waals surface area contributed by atoms with Crippen LogP contribution in [0.3, 0.4) is 0 Å². The number of halogens is 1. The van der Waals surface area contributed by atoms with Crippen LogP contribution in [0.15, 0.2) is 41.8 Å². The van der Waals surface area contributed by atoms with Crippen molar-refractivity contribution >= 4 is 28.8 Å². The molecule has 2 nitrogen and oxygen atoms in total. The van der Waals surface area contributed by atoms with Gasteiger partial charge in [-0.3, -0.25) is 4.79 Å². The van der Waals surface area contributed by atoms with Crippen molar-refractivity contribution in [1.82, 2.24) is 5.32 Å². The third-order valence-electron chi connectivity index (χ3n) is 4.61. The zero-order chi connectivity index (χ0) is 15.6. The van der Waals surface area contributed by atoms with Crippen molar-refractivity contribution in [2.75, 3.05) is 0 Å². The molecule has 1 amide bonds. The molecule has 0 aliphatic heterocycles. The van der Waals surface area contributed by atoms with Crippen LogP contribution < -0.4 is 5.32 Å². The van der Waals surface area contributed by atoms with E-state index in [0.717, 1.165) is 31.2 Å². The molecule has 4 heteroatoms. The number of benzene rings is 1. The molecule has 1 heterocycles. The van der Waals surface area contributed by atoms with E-state index in [1.165, 1.54) is 4.88 Å². The van der Waals surface area contributed by atoms with Gasteiger partial charge in [0, 0.05) is 9.90 Å². The molecule has 1 aliphatic carbocycles. The number of amides is 1. The van der Waals surface area contributed by atoms with Gasteiger partial charge < -0.3 is 5.32 Å². The lowest BCUT2D eigenvalue weighted by Crippen LogP contribution is -2.43. The summed E-state index contributed by atoms with van der Waals surface area (Å²) in [7, 11) is 0. The quantitative estimate of drug-likeness (QED) is 0.829. The standard InChI is InChI=1S/C18H20ClNOS/c1-13(16-5-4-12-22-16)20-17(21)18(10-2-3-11-18)14-6-8-15(19)9-7-14/h4-9,12-13H,2-3,10-11H2,1H3,(H,20,21). The fraction of sp³-hybridized carbons (Fsp3) is 0.389. The van der Waals surface area contributed by atoms with E-state index in [1.807, 2.05) is 42.6 Å². The van der Waals surface area contributed by atoms with Gasteiger partial charge in [-0.05, 0) is 48.9 Å². The molecule has 1 aliphatic rings. The summed E-state index contributed by atoms with van der Waals surface area (Å²) in [6.45, 7) is 2.05. The predicted molar refractivity (Wildman–Crippen MR) is 92.5 cm³/mol. The molecule has 3 rings (SSSR count). The summed E-state index contributed by atoms with van der Waals surface area (Å²) >= 11 is 7.68. The summed E-state index contributed by atoms with van der Waals surface area (Å²) in [6.07, 6.45) is 4.03. The third-order valence-corrected chi connectivity index (χ3v) is 5.91. The molecule has 0 radical (unpaired) electrons. The van der Waals surface area contributed by atoms with Gasteiger partial charge in [-0.25, -0.2) is 0 Å². The number of rotatable bonds is 4. The summed E-state index contributed by atoms with van der Waals surface area (Å²) in [5.41, 5.74) is 0.695. The first-order chi connectivity index (χ1) is 10.6. The van der Waals surface area contributed by atoms with Crippen LogP contribution in [0.1, 0.15) is 49.1 Å². The van der Waals surface area contributed by atoms with Crippen LogP contribution in [-0.2, 0) is 10.2 Å². The summed E-state index contributed by atoms with van der Waals surface area (Å²) in [4.78, 5) is 14.2. The van der Waals surface area contributed by atoms with Crippen LogP contribution in [0.5, 0.6) is 0 Å². The molecule has 1 atom stereocenters. The second-order valence-corrected chi connectivity index (χ2v) is 7.42. The van der Waals surface area contributed by atoms with Crippen LogP contribution in [0.4, 0.5) is 0 Å². The van der Waals surface area contributed by atoms with Crippen LogP contribution >= 0.6 is 22.9 Å². The van der Waals surface area contributed by atoms with Crippen LogP contribution in [0.25, 0.3) is 0 Å². The van der Waals surface area contributed by atoms with Gasteiger partial charge in [0.1, 0.15) is 0 Å². The Balaban J connectivity index is 1.84. The van der Waals surface area contributed by atoms with Crippen molar-refractivity contribution < 1.29 is 4.79 Å². The maximum atomic E-state index is 13.0. The summed E-state index contributed by atoms with van der Waals surface area (Å²) in [5, 5.41) is 5.97. The molecular weight excluding hydrogens is 314 g/mol. The predicted octanol–water partition coefficient (Wildman–Crippen LogP) is 5.09. The number of hydrogen-bond acceptors (Lipinski definition) is 2. The van der Waals surface area contributed by atoms with Crippen molar-refractivity contribution in [1.29, 1.82) is 0 Å². The van der Waals surface area contributed by atoms with Crippen LogP contribution in [0, 0.1) is 0 Å². The van der Waals surface area contributed by atoms with E-state index >= 15 is 0 Å². The number of carbonyl (C=O) groups excluding carboxylic acids is 1. The highest BCUT2D eigenvalue weighted by Gasteiger charge is 2.43. The smallest absolute Gasteiger partial charge is 0.231 e. The second-order valence-electron chi connectivity index (χ2n) is 6.01. The minimum Gasteiger partial charge on any atom is -0.348 e. The summed E-state index contributed by atoms with van der Waals surface area (Å²) in [6, 6.07) is 11.9. The van der Waals surface area contributed by atoms with Gasteiger partial charge in [0.25, 0.3) is 0 Å². The number of thiophene rings is 1. The van der Waals surface area contributed by atoms with Crippen molar-refractivity contribution in [3.05, 3.63) is 57.2 Å². The fourth-order valence-electron chi connectivity index (χ4n) is 3.34. The Labute approximate surface area is 140 Å². The number of carbonyl (C=O) groups is 1. The Bertz CT molecular complexity index is 630. The minimum absolute atomic E-state index is 0.0530. The van der Waals surface area contributed by atoms with Crippen molar-refractivity contribution in [2.45, 2.75) is 44.1 Å². The molecule has 1 saturated carbocycles. The SMILES string of the molecule is CC(NC(=O)C1(c2ccc(Cl)cc2)CCCC1)c1cccs1. The highest BCUT2D eigenvalue weighted by atomic mass is 35.5. The van der Waals surface area contributed by atoms with E-state index in [2.05, 4.69) is 11.4 Å². The molecule has 1 aromatic heterocycles. The van der Waals surface area contributed by atoms with Gasteiger partial charge in [-0.1, -0.05) is 42.6 Å². The number of nitrogens with one attached hydrogen (secondary N) is 1. The van der Waals surface area contributed by atoms with E-state index < -0.39 is 5.41 Å². The van der Waals surface area contributed by atoms with E-state index in [1.54, 1.807) is 11.3 Å². The Morgan fingerprint density at radius 1 is 1.23 bits per heavy atom. The topological polar surface area (TPSA) is 29.1 Å². The minimum atomic E-state index is -0.393. The molecule has 1 fully saturated rings. The van der Waals surface area contributed by atoms with E-state index in [-0.39, 0.29) is 11.9 Å². The van der Waals surface area contributed by atoms with Crippen molar-refractivity contribution in [2.24, 2.45) is 0 Å². The van der Waals surface area contributed by atoms with Gasteiger partial charge in [0.15, 0.2) is 0 Å². The van der Waals surface area contributed by atoms with Gasteiger partial charge >= 0.3 is 0 Å². The molecule has 1 N–H and O–H groups in total. The maximum absolute atomic E-state index is 13.0. The Morgan fingerprint density at radius 3 is 2.50 bits per heavy atom. The van der Waals surface area contributed by atoms with Crippen LogP contribution in [-0.4, -0.2) is 5.91 Å². The average Bonchev–Trinajstić information content (AvgIpc) is 3.20. The normalized spacial score (nSPS) is 18.1. The lowest BCUT2D eigenvalue weighted by molar-refractivity contribution is -0.127. The summed E-state index contributed by atoms with van der Waals surface area (Å²) in [5.74, 6) is 0.147. The van der Waals surface area contributed by atoms with Crippen molar-refractivity contribution in [3.8, 4) is 0 Å². The first kappa shape index (κ1) is 15.6. The van der Waals surface area contributed by atoms with Gasteiger partial charge in [-0.2, -0.15) is 0 Å². The molecule has 0 saturated heterocycles. The van der Waals surface area contributed by atoms with Crippen molar-refractivity contribution in [3.63, 3.8) is 0 Å². The largest absolute Gasteiger partial charge is 0.348 e. The molecule has 22 heavy (non-hydrogen) atoms. The lowest BCUT2D eigenvalue weighted by Gasteiger charge is -2.30. The molecule has 2 aromatic rings. The van der Waals surface area contributed by atoms with Crippen LogP contribution in [0.2, 0.25) is 5.02 Å². The van der Waals surface area contributed by atoms with Gasteiger partial charge in [-0.15, -0.1) is 11.3 Å². The highest BCUT2D eigenvalue weighted by molar-refractivity contribution is 7.10. The second kappa shape index (κ2) is 6.43. The monoisotopic (exact) mass is 333 g/mol. The lowest BCUT2D eigenvalue weighted by atomic mass is 9.78. The average molecular weight is 334 g/mol. The van der Waals surface area contributed by atoms with Gasteiger partial charge in [0.05, 0.1) is 11.5 Å². The zero-order valence-corrected chi connectivity index (χ0v) is 14.2. The first-order valence-corrected chi connectivity index (χ1v) is 8.98.